The molecule has 100 valence electrons. The van der Waals surface area contributed by atoms with Crippen LogP contribution < -0.4 is 19.9 Å². The molecule has 1 fully saturated rings. The van der Waals surface area contributed by atoms with Crippen LogP contribution in [0.3, 0.4) is 0 Å². The van der Waals surface area contributed by atoms with E-state index in [4.69, 9.17) is 19.9 Å². The van der Waals surface area contributed by atoms with Crippen molar-refractivity contribution in [2.24, 2.45) is 5.73 Å². The Bertz CT molecular complexity index is 458. The molecule has 0 atom stereocenters. The van der Waals surface area contributed by atoms with Gasteiger partial charge in [-0.05, 0) is 19.3 Å². The van der Waals surface area contributed by atoms with Gasteiger partial charge in [-0.3, -0.25) is 0 Å². The molecule has 1 aliphatic rings. The van der Waals surface area contributed by atoms with Gasteiger partial charge in [-0.2, -0.15) is 0 Å². The summed E-state index contributed by atoms with van der Waals surface area (Å²) in [5.74, 6) is 0.456. The van der Waals surface area contributed by atoms with Crippen LogP contribution in [0.15, 0.2) is 6.07 Å². The highest BCUT2D eigenvalue weighted by Crippen LogP contribution is 2.49. The number of methoxy groups -OCH3 is 3. The second-order valence-corrected chi connectivity index (χ2v) is 4.51. The van der Waals surface area contributed by atoms with E-state index in [0.29, 0.717) is 17.1 Å². The zero-order valence-corrected chi connectivity index (χ0v) is 10.9. The molecule has 0 heterocycles. The first-order valence-corrected chi connectivity index (χ1v) is 5.85. The topological polar surface area (TPSA) is 53.7 Å². The molecule has 0 aromatic heterocycles. The Hall–Kier alpha value is -1.49. The highest BCUT2D eigenvalue weighted by Gasteiger charge is 2.41. The maximum Gasteiger partial charge on any atom is 0.174 e. The SMILES string of the molecule is COc1cc(OC)c(OC)c(C2(N)CCC2)c1F. The number of nitrogens with two attached hydrogens (primary N) is 1. The van der Waals surface area contributed by atoms with Gasteiger partial charge in [0.2, 0.25) is 0 Å². The Morgan fingerprint density at radius 2 is 1.72 bits per heavy atom. The van der Waals surface area contributed by atoms with E-state index >= 15 is 0 Å². The van der Waals surface area contributed by atoms with Gasteiger partial charge in [-0.1, -0.05) is 0 Å². The third kappa shape index (κ3) is 1.79. The molecule has 4 nitrogen and oxygen atoms in total. The second kappa shape index (κ2) is 4.65. The number of hydrogen-bond donors (Lipinski definition) is 1. The molecule has 0 bridgehead atoms. The lowest BCUT2D eigenvalue weighted by Gasteiger charge is -2.39. The number of hydrogen-bond acceptors (Lipinski definition) is 4. The lowest BCUT2D eigenvalue weighted by molar-refractivity contribution is 0.227. The van der Waals surface area contributed by atoms with Crippen LogP contribution in [0.1, 0.15) is 24.8 Å². The smallest absolute Gasteiger partial charge is 0.174 e. The molecule has 2 rings (SSSR count). The monoisotopic (exact) mass is 255 g/mol. The fourth-order valence-corrected chi connectivity index (χ4v) is 2.35. The average molecular weight is 255 g/mol. The summed E-state index contributed by atoms with van der Waals surface area (Å²) in [6, 6.07) is 1.47. The summed E-state index contributed by atoms with van der Waals surface area (Å²) in [7, 11) is 4.40. The normalized spacial score (nSPS) is 16.9. The first-order valence-electron chi connectivity index (χ1n) is 5.85. The van der Waals surface area contributed by atoms with Crippen LogP contribution in [0, 0.1) is 5.82 Å². The highest BCUT2D eigenvalue weighted by molar-refractivity contribution is 5.56. The molecule has 1 aromatic rings. The van der Waals surface area contributed by atoms with E-state index in [9.17, 15) is 4.39 Å². The van der Waals surface area contributed by atoms with E-state index < -0.39 is 11.4 Å². The van der Waals surface area contributed by atoms with E-state index in [1.807, 2.05) is 0 Å². The molecule has 0 radical (unpaired) electrons. The number of ether oxygens (including phenoxy) is 3. The van der Waals surface area contributed by atoms with Crippen LogP contribution in [0.4, 0.5) is 4.39 Å². The second-order valence-electron chi connectivity index (χ2n) is 4.51. The first kappa shape index (κ1) is 13.0. The van der Waals surface area contributed by atoms with E-state index in [1.54, 1.807) is 0 Å². The Kier molecular flexibility index (Phi) is 3.34. The Morgan fingerprint density at radius 3 is 2.11 bits per heavy atom. The van der Waals surface area contributed by atoms with Crippen molar-refractivity contribution in [1.29, 1.82) is 0 Å². The summed E-state index contributed by atoms with van der Waals surface area (Å²) < 4.78 is 29.9. The molecule has 0 saturated heterocycles. The van der Waals surface area contributed by atoms with Gasteiger partial charge in [0.15, 0.2) is 23.1 Å². The van der Waals surface area contributed by atoms with Crippen LogP contribution in [0.2, 0.25) is 0 Å². The lowest BCUT2D eigenvalue weighted by atomic mass is 9.72. The molecule has 1 aromatic carbocycles. The third-order valence-corrected chi connectivity index (χ3v) is 3.54. The first-order chi connectivity index (χ1) is 8.57. The zero-order chi connectivity index (χ0) is 13.3. The van der Waals surface area contributed by atoms with Crippen LogP contribution in [-0.2, 0) is 5.54 Å². The molecule has 0 unspecified atom stereocenters. The highest BCUT2D eigenvalue weighted by atomic mass is 19.1. The van der Waals surface area contributed by atoms with E-state index in [0.717, 1.165) is 19.3 Å². The van der Waals surface area contributed by atoms with Gasteiger partial charge in [0.25, 0.3) is 0 Å². The zero-order valence-electron chi connectivity index (χ0n) is 10.9. The molecule has 0 aliphatic heterocycles. The third-order valence-electron chi connectivity index (χ3n) is 3.54. The number of rotatable bonds is 4. The van der Waals surface area contributed by atoms with Crippen LogP contribution >= 0.6 is 0 Å². The molecular weight excluding hydrogens is 237 g/mol. The number of halogens is 1. The summed E-state index contributed by atoms with van der Waals surface area (Å²) in [6.07, 6.45) is 2.45. The molecular formula is C13H18FNO3. The largest absolute Gasteiger partial charge is 0.494 e. The van der Waals surface area contributed by atoms with Crippen LogP contribution in [0.5, 0.6) is 17.2 Å². The van der Waals surface area contributed by atoms with Gasteiger partial charge in [-0.15, -0.1) is 0 Å². The minimum absolute atomic E-state index is 0.124. The quantitative estimate of drug-likeness (QED) is 0.896. The maximum absolute atomic E-state index is 14.4. The summed E-state index contributed by atoms with van der Waals surface area (Å²) >= 11 is 0. The van der Waals surface area contributed by atoms with Gasteiger partial charge in [0.05, 0.1) is 26.9 Å². The predicted octanol–water partition coefficient (Wildman–Crippen LogP) is 2.19. The molecule has 2 N–H and O–H groups in total. The van der Waals surface area contributed by atoms with Crippen molar-refractivity contribution in [3.63, 3.8) is 0 Å². The van der Waals surface area contributed by atoms with Crippen LogP contribution in [0.25, 0.3) is 0 Å². The van der Waals surface area contributed by atoms with Crippen LogP contribution in [-0.4, -0.2) is 21.3 Å². The van der Waals surface area contributed by atoms with E-state index in [-0.39, 0.29) is 5.75 Å². The maximum atomic E-state index is 14.4. The van der Waals surface area contributed by atoms with E-state index in [2.05, 4.69) is 0 Å². The summed E-state index contributed by atoms with van der Waals surface area (Å²) in [4.78, 5) is 0. The fourth-order valence-electron chi connectivity index (χ4n) is 2.35. The minimum atomic E-state index is -0.683. The number of benzene rings is 1. The van der Waals surface area contributed by atoms with Crippen molar-refractivity contribution < 1.29 is 18.6 Å². The van der Waals surface area contributed by atoms with Crippen molar-refractivity contribution in [1.82, 2.24) is 0 Å². The fraction of sp³-hybridized carbons (Fsp3) is 0.538. The summed E-state index contributed by atoms with van der Waals surface area (Å²) in [5, 5.41) is 0. The summed E-state index contributed by atoms with van der Waals surface area (Å²) in [6.45, 7) is 0. The molecule has 1 saturated carbocycles. The molecule has 5 heteroatoms. The van der Waals surface area contributed by atoms with Crippen molar-refractivity contribution in [2.75, 3.05) is 21.3 Å². The van der Waals surface area contributed by atoms with Gasteiger partial charge in [0.1, 0.15) is 0 Å². The molecule has 18 heavy (non-hydrogen) atoms. The van der Waals surface area contributed by atoms with Crippen molar-refractivity contribution in [3.05, 3.63) is 17.4 Å². The lowest BCUT2D eigenvalue weighted by Crippen LogP contribution is -2.44. The summed E-state index contributed by atoms with van der Waals surface area (Å²) in [5.41, 5.74) is 5.89. The van der Waals surface area contributed by atoms with Crippen molar-refractivity contribution in [2.45, 2.75) is 24.8 Å². The van der Waals surface area contributed by atoms with E-state index in [1.165, 1.54) is 27.4 Å². The predicted molar refractivity (Wildman–Crippen MR) is 65.8 cm³/mol. The Morgan fingerprint density at radius 1 is 1.11 bits per heavy atom. The van der Waals surface area contributed by atoms with Crippen molar-refractivity contribution >= 4 is 0 Å². The van der Waals surface area contributed by atoms with Gasteiger partial charge >= 0.3 is 0 Å². The Labute approximate surface area is 106 Å². The average Bonchev–Trinajstić information content (AvgIpc) is 2.35. The van der Waals surface area contributed by atoms with Crippen molar-refractivity contribution in [3.8, 4) is 17.2 Å². The van der Waals surface area contributed by atoms with Gasteiger partial charge in [-0.25, -0.2) is 4.39 Å². The molecule has 0 amide bonds. The van der Waals surface area contributed by atoms with Gasteiger partial charge in [0, 0.05) is 11.6 Å². The molecule has 0 spiro atoms. The Balaban J connectivity index is 2.66. The van der Waals surface area contributed by atoms with Gasteiger partial charge < -0.3 is 19.9 Å². The standard InChI is InChI=1S/C13H18FNO3/c1-16-8-7-9(17-2)12(18-3)10(11(8)14)13(15)5-4-6-13/h7H,4-6,15H2,1-3H3. The molecule has 1 aliphatic carbocycles. The minimum Gasteiger partial charge on any atom is -0.494 e.